The van der Waals surface area contributed by atoms with E-state index in [2.05, 4.69) is 4.72 Å². The van der Waals surface area contributed by atoms with Gasteiger partial charge in [0.25, 0.3) is 0 Å². The van der Waals surface area contributed by atoms with Crippen molar-refractivity contribution in [2.75, 3.05) is 0 Å². The minimum atomic E-state index is -2.02. The first-order valence-electron chi connectivity index (χ1n) is 6.17. The van der Waals surface area contributed by atoms with Crippen LogP contribution in [0.1, 0.15) is 33.3 Å². The van der Waals surface area contributed by atoms with Crippen LogP contribution in [0.25, 0.3) is 0 Å². The molecule has 3 atom stereocenters. The molecule has 20 heavy (non-hydrogen) atoms. The quantitative estimate of drug-likeness (QED) is 0.850. The van der Waals surface area contributed by atoms with E-state index in [1.54, 1.807) is 20.8 Å². The van der Waals surface area contributed by atoms with E-state index in [1.807, 2.05) is 0 Å². The Bertz CT molecular complexity index is 516. The van der Waals surface area contributed by atoms with Gasteiger partial charge < -0.3 is 4.79 Å². The molecule has 3 nitrogen and oxygen atoms in total. The molecule has 0 fully saturated rings. The maximum atomic E-state index is 14.1. The SMILES string of the molecule is CC(C)(C)[S@@](=O)N[C@](C)(c1ccccc1F)C(F)C=O. The molecular weight excluding hydrogens is 284 g/mol. The van der Waals surface area contributed by atoms with E-state index in [0.29, 0.717) is 0 Å². The van der Waals surface area contributed by atoms with Gasteiger partial charge in [-0.3, -0.25) is 0 Å². The minimum absolute atomic E-state index is 0.0304. The maximum Gasteiger partial charge on any atom is 0.178 e. The zero-order valence-corrected chi connectivity index (χ0v) is 12.8. The summed E-state index contributed by atoms with van der Waals surface area (Å²) in [7, 11) is -1.65. The summed E-state index contributed by atoms with van der Waals surface area (Å²) in [6, 6.07) is 5.55. The van der Waals surface area contributed by atoms with Crippen LogP contribution in [0.2, 0.25) is 0 Å². The van der Waals surface area contributed by atoms with E-state index >= 15 is 0 Å². The molecular formula is C14H19F2NO2S. The summed E-state index contributed by atoms with van der Waals surface area (Å²) in [5.41, 5.74) is -1.72. The fourth-order valence-corrected chi connectivity index (χ4v) is 2.54. The molecule has 1 aromatic carbocycles. The average molecular weight is 303 g/mol. The normalized spacial score (nSPS) is 18.1. The number of halogens is 2. The molecule has 0 spiro atoms. The topological polar surface area (TPSA) is 46.2 Å². The van der Waals surface area contributed by atoms with Crippen LogP contribution >= 0.6 is 0 Å². The number of aldehydes is 1. The number of nitrogens with one attached hydrogen (secondary N) is 1. The third-order valence-electron chi connectivity index (χ3n) is 2.97. The zero-order chi connectivity index (χ0) is 15.6. The zero-order valence-electron chi connectivity index (χ0n) is 11.9. The predicted molar refractivity (Wildman–Crippen MR) is 75.7 cm³/mol. The lowest BCUT2D eigenvalue weighted by molar-refractivity contribution is -0.114. The molecule has 0 aliphatic heterocycles. The molecule has 6 heteroatoms. The van der Waals surface area contributed by atoms with Crippen LogP contribution in [0.4, 0.5) is 8.78 Å². The van der Waals surface area contributed by atoms with Crippen LogP contribution in [0.15, 0.2) is 24.3 Å². The van der Waals surface area contributed by atoms with Crippen molar-refractivity contribution in [1.82, 2.24) is 4.72 Å². The molecule has 1 aromatic rings. The molecule has 0 amide bonds. The van der Waals surface area contributed by atoms with Crippen molar-refractivity contribution < 1.29 is 17.8 Å². The molecule has 0 radical (unpaired) electrons. The standard InChI is InChI=1S/C14H19F2NO2S/c1-13(2,3)20(19)17-14(4,12(16)9-18)10-7-5-6-8-11(10)15/h5-9,12,17H,1-4H3/t12?,14-,20-/m1/s1. The monoisotopic (exact) mass is 303 g/mol. The van der Waals surface area contributed by atoms with E-state index in [1.165, 1.54) is 31.2 Å². The lowest BCUT2D eigenvalue weighted by atomic mass is 9.88. The van der Waals surface area contributed by atoms with Gasteiger partial charge in [-0.1, -0.05) is 18.2 Å². The van der Waals surface area contributed by atoms with E-state index in [4.69, 9.17) is 0 Å². The van der Waals surface area contributed by atoms with Gasteiger partial charge in [-0.25, -0.2) is 17.7 Å². The Kier molecular flexibility index (Phi) is 5.15. The Balaban J connectivity index is 3.28. The van der Waals surface area contributed by atoms with Crippen LogP contribution in [0, 0.1) is 5.82 Å². The third-order valence-corrected chi connectivity index (χ3v) is 4.69. The highest BCUT2D eigenvalue weighted by molar-refractivity contribution is 7.84. The molecule has 1 N–H and O–H groups in total. The molecule has 0 bridgehead atoms. The highest BCUT2D eigenvalue weighted by atomic mass is 32.2. The summed E-state index contributed by atoms with van der Waals surface area (Å²) in [6.45, 7) is 6.43. The van der Waals surface area contributed by atoms with Gasteiger partial charge in [-0.15, -0.1) is 0 Å². The number of hydrogen-bond donors (Lipinski definition) is 1. The van der Waals surface area contributed by atoms with Crippen molar-refractivity contribution in [1.29, 1.82) is 0 Å². The first kappa shape index (κ1) is 16.9. The summed E-state index contributed by atoms with van der Waals surface area (Å²) < 4.78 is 42.0. The van der Waals surface area contributed by atoms with Gasteiger partial charge in [0.1, 0.15) is 5.82 Å². The van der Waals surface area contributed by atoms with Crippen molar-refractivity contribution >= 4 is 17.3 Å². The first-order chi connectivity index (χ1) is 9.13. The number of alkyl halides is 1. The summed E-state index contributed by atoms with van der Waals surface area (Å²) in [4.78, 5) is 10.8. The lowest BCUT2D eigenvalue weighted by Gasteiger charge is -2.34. The maximum absolute atomic E-state index is 14.1. The van der Waals surface area contributed by atoms with E-state index in [9.17, 15) is 17.8 Å². The van der Waals surface area contributed by atoms with Crippen LogP contribution in [-0.2, 0) is 21.3 Å². The third kappa shape index (κ3) is 3.49. The smallest absolute Gasteiger partial charge is 0.178 e. The van der Waals surface area contributed by atoms with Gasteiger partial charge in [0.2, 0.25) is 0 Å². The largest absolute Gasteiger partial charge is 0.300 e. The number of hydrogen-bond acceptors (Lipinski definition) is 2. The fourth-order valence-electron chi connectivity index (χ4n) is 1.62. The molecule has 0 aromatic heterocycles. The molecule has 0 heterocycles. The number of carbonyl (C=O) groups excluding carboxylic acids is 1. The first-order valence-corrected chi connectivity index (χ1v) is 7.32. The highest BCUT2D eigenvalue weighted by Crippen LogP contribution is 2.30. The van der Waals surface area contributed by atoms with Crippen molar-refractivity contribution in [2.24, 2.45) is 0 Å². The number of carbonyl (C=O) groups is 1. The van der Waals surface area contributed by atoms with Gasteiger partial charge in [0.05, 0.1) is 21.3 Å². The van der Waals surface area contributed by atoms with E-state index < -0.39 is 33.3 Å². The molecule has 0 saturated heterocycles. The second kappa shape index (κ2) is 6.10. The van der Waals surface area contributed by atoms with Crippen molar-refractivity contribution in [2.45, 2.75) is 44.2 Å². The van der Waals surface area contributed by atoms with E-state index in [0.717, 1.165) is 0 Å². The van der Waals surface area contributed by atoms with Gasteiger partial charge in [0, 0.05) is 5.56 Å². The Morgan fingerprint density at radius 3 is 2.25 bits per heavy atom. The number of rotatable bonds is 5. The van der Waals surface area contributed by atoms with Crippen LogP contribution < -0.4 is 4.72 Å². The number of benzene rings is 1. The molecule has 0 aliphatic rings. The fraction of sp³-hybridized carbons (Fsp3) is 0.500. The molecule has 0 saturated carbocycles. The Morgan fingerprint density at radius 1 is 1.25 bits per heavy atom. The molecule has 1 rings (SSSR count). The Labute approximate surface area is 120 Å². The van der Waals surface area contributed by atoms with Crippen molar-refractivity contribution in [3.63, 3.8) is 0 Å². The Morgan fingerprint density at radius 2 is 1.80 bits per heavy atom. The van der Waals surface area contributed by atoms with Crippen LogP contribution in [0.3, 0.4) is 0 Å². The highest BCUT2D eigenvalue weighted by Gasteiger charge is 2.41. The summed E-state index contributed by atoms with van der Waals surface area (Å²) in [6.07, 6.45) is -1.94. The second-order valence-corrected chi connectivity index (χ2v) is 7.67. The molecule has 112 valence electrons. The van der Waals surface area contributed by atoms with Crippen molar-refractivity contribution in [3.05, 3.63) is 35.6 Å². The summed E-state index contributed by atoms with van der Waals surface area (Å²) in [5, 5.41) is 0. The second-order valence-electron chi connectivity index (χ2n) is 5.70. The molecule has 0 aliphatic carbocycles. The van der Waals surface area contributed by atoms with Gasteiger partial charge in [0.15, 0.2) is 12.5 Å². The van der Waals surface area contributed by atoms with Gasteiger partial charge in [-0.2, -0.15) is 0 Å². The summed E-state index contributed by atoms with van der Waals surface area (Å²) in [5.74, 6) is -0.655. The molecule has 1 unspecified atom stereocenters. The predicted octanol–water partition coefficient (Wildman–Crippen LogP) is 2.63. The average Bonchev–Trinajstić information content (AvgIpc) is 2.36. The van der Waals surface area contributed by atoms with Crippen LogP contribution in [-0.4, -0.2) is 21.4 Å². The van der Waals surface area contributed by atoms with Gasteiger partial charge in [-0.05, 0) is 33.8 Å². The van der Waals surface area contributed by atoms with Gasteiger partial charge >= 0.3 is 0 Å². The Hall–Kier alpha value is -1.14. The summed E-state index contributed by atoms with van der Waals surface area (Å²) >= 11 is 0. The van der Waals surface area contributed by atoms with Crippen LogP contribution in [0.5, 0.6) is 0 Å². The minimum Gasteiger partial charge on any atom is -0.300 e. The van der Waals surface area contributed by atoms with E-state index in [-0.39, 0.29) is 11.8 Å². The van der Waals surface area contributed by atoms with Crippen molar-refractivity contribution in [3.8, 4) is 0 Å². The lowest BCUT2D eigenvalue weighted by Crippen LogP contribution is -2.52.